The average Bonchev–Trinajstić information content (AvgIpc) is 2.38. The molecule has 0 saturated carbocycles. The minimum absolute atomic E-state index is 0.263. The summed E-state index contributed by atoms with van der Waals surface area (Å²) in [5.74, 6) is 0.719. The first-order valence-electron chi connectivity index (χ1n) is 5.78. The molecule has 0 radical (unpaired) electrons. The molecule has 19 heavy (non-hydrogen) atoms. The third-order valence-electron chi connectivity index (χ3n) is 2.76. The zero-order chi connectivity index (χ0) is 13.9. The zero-order valence-electron chi connectivity index (χ0n) is 10.4. The van der Waals surface area contributed by atoms with E-state index >= 15 is 0 Å². The van der Waals surface area contributed by atoms with E-state index in [1.165, 1.54) is 12.1 Å². The van der Waals surface area contributed by atoms with Gasteiger partial charge in [0, 0.05) is 0 Å². The van der Waals surface area contributed by atoms with E-state index in [0.717, 1.165) is 16.9 Å². The highest BCUT2D eigenvalue weighted by molar-refractivity contribution is 5.65. The van der Waals surface area contributed by atoms with Crippen LogP contribution in [0.5, 0.6) is 5.75 Å². The van der Waals surface area contributed by atoms with Crippen molar-refractivity contribution in [1.82, 2.24) is 0 Å². The molecule has 0 amide bonds. The molecule has 0 saturated heterocycles. The lowest BCUT2D eigenvalue weighted by Gasteiger charge is -2.08. The first-order valence-corrected chi connectivity index (χ1v) is 5.78. The lowest BCUT2D eigenvalue weighted by atomic mass is 10.0. The van der Waals surface area contributed by atoms with E-state index in [0.29, 0.717) is 0 Å². The van der Waals surface area contributed by atoms with Crippen molar-refractivity contribution in [3.05, 3.63) is 54.1 Å². The minimum atomic E-state index is -4.17. The standard InChI is InChI=1S/C15H13F3O/c1-19-14-4-2-3-13(9-14)12-7-5-11(6-8-12)10-15(16,17)18/h2-9H,10H2,1H3. The van der Waals surface area contributed by atoms with Gasteiger partial charge in [0.1, 0.15) is 5.75 Å². The lowest BCUT2D eigenvalue weighted by molar-refractivity contribution is -0.127. The molecule has 0 unspecified atom stereocenters. The maximum Gasteiger partial charge on any atom is 0.393 e. The van der Waals surface area contributed by atoms with Crippen molar-refractivity contribution in [3.63, 3.8) is 0 Å². The van der Waals surface area contributed by atoms with Gasteiger partial charge >= 0.3 is 6.18 Å². The van der Waals surface area contributed by atoms with Gasteiger partial charge in [-0.05, 0) is 28.8 Å². The summed E-state index contributed by atoms with van der Waals surface area (Å²) >= 11 is 0. The number of hydrogen-bond donors (Lipinski definition) is 0. The van der Waals surface area contributed by atoms with Crippen LogP contribution in [-0.2, 0) is 6.42 Å². The third kappa shape index (κ3) is 3.74. The molecule has 1 nitrogen and oxygen atoms in total. The van der Waals surface area contributed by atoms with Gasteiger partial charge in [-0.3, -0.25) is 0 Å². The van der Waals surface area contributed by atoms with Crippen molar-refractivity contribution < 1.29 is 17.9 Å². The van der Waals surface area contributed by atoms with Gasteiger partial charge in [0.15, 0.2) is 0 Å². The fourth-order valence-electron chi connectivity index (χ4n) is 1.85. The van der Waals surface area contributed by atoms with Crippen LogP contribution in [0.1, 0.15) is 5.56 Å². The molecule has 0 fully saturated rings. The van der Waals surface area contributed by atoms with Crippen LogP contribution in [-0.4, -0.2) is 13.3 Å². The molecule has 100 valence electrons. The minimum Gasteiger partial charge on any atom is -0.497 e. The molecule has 2 aromatic rings. The number of ether oxygens (including phenoxy) is 1. The molecule has 0 heterocycles. The Morgan fingerprint density at radius 1 is 0.947 bits per heavy atom. The van der Waals surface area contributed by atoms with Crippen molar-refractivity contribution in [2.24, 2.45) is 0 Å². The molecule has 2 aromatic carbocycles. The molecular weight excluding hydrogens is 253 g/mol. The highest BCUT2D eigenvalue weighted by Crippen LogP contribution is 2.26. The van der Waals surface area contributed by atoms with E-state index in [1.807, 2.05) is 24.3 Å². The topological polar surface area (TPSA) is 9.23 Å². The number of benzene rings is 2. The molecule has 0 atom stereocenters. The number of rotatable bonds is 3. The molecule has 0 spiro atoms. The second-order valence-electron chi connectivity index (χ2n) is 4.22. The van der Waals surface area contributed by atoms with Crippen LogP contribution in [0.4, 0.5) is 13.2 Å². The first kappa shape index (κ1) is 13.5. The molecule has 0 aromatic heterocycles. The number of alkyl halides is 3. The Labute approximate surface area is 109 Å². The van der Waals surface area contributed by atoms with Crippen LogP contribution in [0.3, 0.4) is 0 Å². The van der Waals surface area contributed by atoms with E-state index in [4.69, 9.17) is 4.74 Å². The SMILES string of the molecule is COc1cccc(-c2ccc(CC(F)(F)F)cc2)c1. The molecule has 0 aliphatic carbocycles. The van der Waals surface area contributed by atoms with Crippen molar-refractivity contribution in [2.75, 3.05) is 7.11 Å². The van der Waals surface area contributed by atoms with Crippen molar-refractivity contribution >= 4 is 0 Å². The number of halogens is 3. The molecule has 4 heteroatoms. The van der Waals surface area contributed by atoms with Gasteiger partial charge in [0.2, 0.25) is 0 Å². The molecule has 0 aliphatic rings. The van der Waals surface area contributed by atoms with Gasteiger partial charge < -0.3 is 4.74 Å². The predicted octanol–water partition coefficient (Wildman–Crippen LogP) is 4.47. The summed E-state index contributed by atoms with van der Waals surface area (Å²) in [6.45, 7) is 0. The second-order valence-corrected chi connectivity index (χ2v) is 4.22. The zero-order valence-corrected chi connectivity index (χ0v) is 10.4. The summed E-state index contributed by atoms with van der Waals surface area (Å²) in [4.78, 5) is 0. The Morgan fingerprint density at radius 2 is 1.63 bits per heavy atom. The lowest BCUT2D eigenvalue weighted by Crippen LogP contribution is -2.11. The molecule has 0 aliphatic heterocycles. The van der Waals surface area contributed by atoms with Gasteiger partial charge in [0.05, 0.1) is 13.5 Å². The molecular formula is C15H13F3O. The summed E-state index contributed by atoms with van der Waals surface area (Å²) in [5.41, 5.74) is 2.04. The van der Waals surface area contributed by atoms with E-state index < -0.39 is 12.6 Å². The first-order chi connectivity index (χ1) is 8.98. The summed E-state index contributed by atoms with van der Waals surface area (Å²) < 4.78 is 41.9. The van der Waals surface area contributed by atoms with Crippen LogP contribution in [0, 0.1) is 0 Å². The highest BCUT2D eigenvalue weighted by atomic mass is 19.4. The van der Waals surface area contributed by atoms with Gasteiger partial charge in [-0.2, -0.15) is 13.2 Å². The van der Waals surface area contributed by atoms with E-state index in [1.54, 1.807) is 19.2 Å². The Balaban J connectivity index is 2.22. The van der Waals surface area contributed by atoms with Crippen LogP contribution in [0.2, 0.25) is 0 Å². The van der Waals surface area contributed by atoms with Gasteiger partial charge in [-0.15, -0.1) is 0 Å². The Kier molecular flexibility index (Phi) is 3.79. The monoisotopic (exact) mass is 266 g/mol. The summed E-state index contributed by atoms with van der Waals surface area (Å²) in [5, 5.41) is 0. The normalized spacial score (nSPS) is 11.4. The largest absolute Gasteiger partial charge is 0.497 e. The van der Waals surface area contributed by atoms with Gasteiger partial charge in [-0.1, -0.05) is 36.4 Å². The Bertz CT molecular complexity index is 544. The van der Waals surface area contributed by atoms with Crippen LogP contribution >= 0.6 is 0 Å². The van der Waals surface area contributed by atoms with E-state index in [2.05, 4.69) is 0 Å². The quantitative estimate of drug-likeness (QED) is 0.796. The maximum absolute atomic E-state index is 12.2. The smallest absolute Gasteiger partial charge is 0.393 e. The molecule has 2 rings (SSSR count). The number of hydrogen-bond acceptors (Lipinski definition) is 1. The fourth-order valence-corrected chi connectivity index (χ4v) is 1.85. The predicted molar refractivity (Wildman–Crippen MR) is 68.2 cm³/mol. The Morgan fingerprint density at radius 3 is 2.21 bits per heavy atom. The maximum atomic E-state index is 12.2. The average molecular weight is 266 g/mol. The summed E-state index contributed by atoms with van der Waals surface area (Å²) in [6, 6.07) is 13.8. The number of methoxy groups -OCH3 is 1. The van der Waals surface area contributed by atoms with E-state index in [-0.39, 0.29) is 5.56 Å². The van der Waals surface area contributed by atoms with Crippen LogP contribution in [0.25, 0.3) is 11.1 Å². The fraction of sp³-hybridized carbons (Fsp3) is 0.200. The molecule has 0 N–H and O–H groups in total. The van der Waals surface area contributed by atoms with Gasteiger partial charge in [0.25, 0.3) is 0 Å². The van der Waals surface area contributed by atoms with Crippen molar-refractivity contribution in [3.8, 4) is 16.9 Å². The second kappa shape index (κ2) is 5.34. The van der Waals surface area contributed by atoms with Gasteiger partial charge in [-0.25, -0.2) is 0 Å². The van der Waals surface area contributed by atoms with Crippen LogP contribution in [0.15, 0.2) is 48.5 Å². The summed E-state index contributed by atoms with van der Waals surface area (Å²) in [6.07, 6.45) is -5.07. The van der Waals surface area contributed by atoms with Crippen LogP contribution < -0.4 is 4.74 Å². The van der Waals surface area contributed by atoms with E-state index in [9.17, 15) is 13.2 Å². The highest BCUT2D eigenvalue weighted by Gasteiger charge is 2.27. The van der Waals surface area contributed by atoms with Crippen molar-refractivity contribution in [2.45, 2.75) is 12.6 Å². The van der Waals surface area contributed by atoms with Crippen molar-refractivity contribution in [1.29, 1.82) is 0 Å². The third-order valence-corrected chi connectivity index (χ3v) is 2.76. The Hall–Kier alpha value is -1.97. The summed E-state index contributed by atoms with van der Waals surface area (Å²) in [7, 11) is 1.57. The molecule has 0 bridgehead atoms.